The number of hydrogen-bond donors (Lipinski definition) is 1. The van der Waals surface area contributed by atoms with Crippen LogP contribution < -0.4 is 5.32 Å². The Balaban J connectivity index is 1.76. The van der Waals surface area contributed by atoms with Gasteiger partial charge < -0.3 is 10.2 Å². The first-order valence-electron chi connectivity index (χ1n) is 11.8. The summed E-state index contributed by atoms with van der Waals surface area (Å²) >= 11 is 1.75. The molecule has 178 valence electrons. The molecular weight excluding hydrogens is 440 g/mol. The van der Waals surface area contributed by atoms with Gasteiger partial charge in [0.05, 0.1) is 0 Å². The van der Waals surface area contributed by atoms with E-state index < -0.39 is 6.04 Å². The average Bonchev–Trinajstić information content (AvgIpc) is 2.85. The third kappa shape index (κ3) is 8.38. The summed E-state index contributed by atoms with van der Waals surface area (Å²) in [6.45, 7) is 4.30. The molecule has 0 saturated heterocycles. The standard InChI is InChI=1S/C29H34N2O2S/c1-23(2)30-29(33)27(20-24-12-6-3-7-13-24)31(21-25-14-8-4-9-15-25)28(32)18-19-34-22-26-16-10-5-11-17-26/h3-17,23,27H,18-22H2,1-2H3,(H,30,33)/t27-/m0/s1. The monoisotopic (exact) mass is 474 g/mol. The van der Waals surface area contributed by atoms with Crippen LogP contribution in [0.5, 0.6) is 0 Å². The highest BCUT2D eigenvalue weighted by molar-refractivity contribution is 7.98. The SMILES string of the molecule is CC(C)NC(=O)[C@H](Cc1ccccc1)N(Cc1ccccc1)C(=O)CCSCc1ccccc1. The lowest BCUT2D eigenvalue weighted by atomic mass is 10.0. The van der Waals surface area contributed by atoms with Crippen molar-refractivity contribution in [2.75, 3.05) is 5.75 Å². The number of rotatable bonds is 12. The molecule has 0 saturated carbocycles. The van der Waals surface area contributed by atoms with Crippen LogP contribution >= 0.6 is 11.8 Å². The third-order valence-corrected chi connectivity index (χ3v) is 6.50. The summed E-state index contributed by atoms with van der Waals surface area (Å²) in [5.74, 6) is 1.47. The van der Waals surface area contributed by atoms with Gasteiger partial charge in [0.15, 0.2) is 0 Å². The van der Waals surface area contributed by atoms with Crippen molar-refractivity contribution in [1.29, 1.82) is 0 Å². The number of nitrogens with one attached hydrogen (secondary N) is 1. The van der Waals surface area contributed by atoms with E-state index in [4.69, 9.17) is 0 Å². The van der Waals surface area contributed by atoms with Gasteiger partial charge in [0.1, 0.15) is 6.04 Å². The van der Waals surface area contributed by atoms with Crippen LogP contribution in [0, 0.1) is 0 Å². The van der Waals surface area contributed by atoms with Gasteiger partial charge in [0.2, 0.25) is 11.8 Å². The predicted octanol–water partition coefficient (Wildman–Crippen LogP) is 5.47. The van der Waals surface area contributed by atoms with Crippen LogP contribution in [0.4, 0.5) is 0 Å². The van der Waals surface area contributed by atoms with Crippen LogP contribution in [0.3, 0.4) is 0 Å². The van der Waals surface area contributed by atoms with Crippen molar-refractivity contribution in [3.63, 3.8) is 0 Å². The van der Waals surface area contributed by atoms with Crippen LogP contribution in [0.2, 0.25) is 0 Å². The molecule has 0 radical (unpaired) electrons. The van der Waals surface area contributed by atoms with Gasteiger partial charge in [0.25, 0.3) is 0 Å². The van der Waals surface area contributed by atoms with E-state index >= 15 is 0 Å². The smallest absolute Gasteiger partial charge is 0.243 e. The van der Waals surface area contributed by atoms with Crippen molar-refractivity contribution in [2.24, 2.45) is 0 Å². The second kappa shape index (κ2) is 13.6. The number of carbonyl (C=O) groups is 2. The molecule has 1 atom stereocenters. The molecule has 0 heterocycles. The van der Waals surface area contributed by atoms with E-state index in [1.54, 1.807) is 16.7 Å². The Morgan fingerprint density at radius 3 is 1.88 bits per heavy atom. The molecule has 3 aromatic rings. The van der Waals surface area contributed by atoms with Gasteiger partial charge in [-0.05, 0) is 30.5 Å². The van der Waals surface area contributed by atoms with Crippen molar-refractivity contribution in [3.8, 4) is 0 Å². The van der Waals surface area contributed by atoms with E-state index in [0.717, 1.165) is 16.9 Å². The molecule has 0 unspecified atom stereocenters. The maximum atomic E-state index is 13.5. The van der Waals surface area contributed by atoms with Crippen molar-refractivity contribution < 1.29 is 9.59 Å². The van der Waals surface area contributed by atoms with Crippen molar-refractivity contribution in [3.05, 3.63) is 108 Å². The first kappa shape index (κ1) is 25.6. The summed E-state index contributed by atoms with van der Waals surface area (Å²) in [5.41, 5.74) is 3.30. The van der Waals surface area contributed by atoms with Gasteiger partial charge in [-0.1, -0.05) is 91.0 Å². The summed E-state index contributed by atoms with van der Waals surface area (Å²) in [6, 6.07) is 29.5. The minimum Gasteiger partial charge on any atom is -0.352 e. The minimum absolute atomic E-state index is 0.000814. The molecule has 0 aromatic heterocycles. The summed E-state index contributed by atoms with van der Waals surface area (Å²) in [6.07, 6.45) is 0.875. The zero-order chi connectivity index (χ0) is 24.2. The lowest BCUT2D eigenvalue weighted by Crippen LogP contribution is -2.51. The van der Waals surface area contributed by atoms with Gasteiger partial charge in [-0.2, -0.15) is 11.8 Å². The molecule has 5 heteroatoms. The summed E-state index contributed by atoms with van der Waals surface area (Å²) < 4.78 is 0. The summed E-state index contributed by atoms with van der Waals surface area (Å²) in [4.78, 5) is 28.6. The molecule has 3 aromatic carbocycles. The zero-order valence-corrected chi connectivity index (χ0v) is 20.8. The van der Waals surface area contributed by atoms with Crippen LogP contribution in [-0.4, -0.2) is 34.6 Å². The summed E-state index contributed by atoms with van der Waals surface area (Å²) in [7, 11) is 0. The lowest BCUT2D eigenvalue weighted by Gasteiger charge is -2.32. The van der Waals surface area contributed by atoms with E-state index in [2.05, 4.69) is 17.4 Å². The Kier molecular flexibility index (Phi) is 10.2. The van der Waals surface area contributed by atoms with Gasteiger partial charge in [-0.15, -0.1) is 0 Å². The first-order valence-corrected chi connectivity index (χ1v) is 13.0. The fourth-order valence-electron chi connectivity index (χ4n) is 3.78. The Bertz CT molecular complexity index is 1010. The molecule has 0 aliphatic heterocycles. The quantitative estimate of drug-likeness (QED) is 0.354. The number of benzene rings is 3. The number of amides is 2. The van der Waals surface area contributed by atoms with Crippen LogP contribution in [0.25, 0.3) is 0 Å². The number of thioether (sulfide) groups is 1. The Labute approximate surface area is 207 Å². The normalized spacial score (nSPS) is 11.7. The van der Waals surface area contributed by atoms with Gasteiger partial charge >= 0.3 is 0 Å². The van der Waals surface area contributed by atoms with Gasteiger partial charge in [-0.3, -0.25) is 9.59 Å². The summed E-state index contributed by atoms with van der Waals surface area (Å²) in [5, 5.41) is 3.03. The molecule has 2 amide bonds. The second-order valence-corrected chi connectivity index (χ2v) is 9.77. The fraction of sp³-hybridized carbons (Fsp3) is 0.310. The zero-order valence-electron chi connectivity index (χ0n) is 20.0. The maximum absolute atomic E-state index is 13.5. The topological polar surface area (TPSA) is 49.4 Å². The molecule has 34 heavy (non-hydrogen) atoms. The van der Waals surface area contributed by atoms with Crippen molar-refractivity contribution in [2.45, 2.75) is 51.1 Å². The third-order valence-electron chi connectivity index (χ3n) is 5.47. The van der Waals surface area contributed by atoms with Gasteiger partial charge in [-0.25, -0.2) is 0 Å². The van der Waals surface area contributed by atoms with Crippen molar-refractivity contribution >= 4 is 23.6 Å². The highest BCUT2D eigenvalue weighted by atomic mass is 32.2. The fourth-order valence-corrected chi connectivity index (χ4v) is 4.67. The largest absolute Gasteiger partial charge is 0.352 e. The first-order chi connectivity index (χ1) is 16.5. The Morgan fingerprint density at radius 2 is 1.32 bits per heavy atom. The number of carbonyl (C=O) groups excluding carboxylic acids is 2. The van der Waals surface area contributed by atoms with Crippen molar-refractivity contribution in [1.82, 2.24) is 10.2 Å². The molecule has 0 fully saturated rings. The molecular formula is C29H34N2O2S. The van der Waals surface area contributed by atoms with Crippen LogP contribution in [-0.2, 0) is 28.3 Å². The number of hydrogen-bond acceptors (Lipinski definition) is 3. The number of nitrogens with zero attached hydrogens (tertiary/aromatic N) is 1. The van der Waals surface area contributed by atoms with E-state index in [0.29, 0.717) is 25.1 Å². The van der Waals surface area contributed by atoms with Crippen LogP contribution in [0.1, 0.15) is 37.0 Å². The average molecular weight is 475 g/mol. The van der Waals surface area contributed by atoms with Gasteiger partial charge in [0, 0.05) is 36.9 Å². The minimum atomic E-state index is -0.573. The molecule has 4 nitrogen and oxygen atoms in total. The molecule has 0 aliphatic rings. The highest BCUT2D eigenvalue weighted by Gasteiger charge is 2.30. The molecule has 1 N–H and O–H groups in total. The lowest BCUT2D eigenvalue weighted by molar-refractivity contribution is -0.141. The molecule has 0 bridgehead atoms. The van der Waals surface area contributed by atoms with E-state index in [1.807, 2.05) is 92.7 Å². The van der Waals surface area contributed by atoms with E-state index in [9.17, 15) is 9.59 Å². The molecule has 3 rings (SSSR count). The second-order valence-electron chi connectivity index (χ2n) is 8.66. The highest BCUT2D eigenvalue weighted by Crippen LogP contribution is 2.18. The molecule has 0 spiro atoms. The maximum Gasteiger partial charge on any atom is 0.243 e. The molecule has 0 aliphatic carbocycles. The Hall–Kier alpha value is -3.05. The van der Waals surface area contributed by atoms with E-state index in [1.165, 1.54) is 5.56 Å². The van der Waals surface area contributed by atoms with Crippen LogP contribution in [0.15, 0.2) is 91.0 Å². The predicted molar refractivity (Wildman–Crippen MR) is 141 cm³/mol. The van der Waals surface area contributed by atoms with E-state index in [-0.39, 0.29) is 17.9 Å². The Morgan fingerprint density at radius 1 is 0.794 bits per heavy atom.